The van der Waals surface area contributed by atoms with Gasteiger partial charge in [-0.1, -0.05) is 104 Å². The van der Waals surface area contributed by atoms with E-state index in [-0.39, 0.29) is 5.41 Å². The average molecular weight is 510 g/mol. The van der Waals surface area contributed by atoms with Gasteiger partial charge in [-0.3, -0.25) is 0 Å². The summed E-state index contributed by atoms with van der Waals surface area (Å²) < 4.78 is 2.40. The fourth-order valence-corrected chi connectivity index (χ4v) is 7.51. The van der Waals surface area contributed by atoms with Crippen molar-refractivity contribution in [2.24, 2.45) is 0 Å². The monoisotopic (exact) mass is 509 g/mol. The zero-order valence-electron chi connectivity index (χ0n) is 21.3. The third-order valence-electron chi connectivity index (χ3n) is 9.06. The lowest BCUT2D eigenvalue weighted by molar-refractivity contribution is 0.353. The van der Waals surface area contributed by atoms with Crippen molar-refractivity contribution in [2.45, 2.75) is 37.5 Å². The van der Waals surface area contributed by atoms with Crippen LogP contribution in [0.5, 0.6) is 0 Å². The second kappa shape index (κ2) is 8.35. The fraction of sp³-hybridized carbons (Fsp3) is 0.167. The van der Waals surface area contributed by atoms with E-state index in [9.17, 15) is 0 Å². The number of hydrogen-bond donors (Lipinski definition) is 0. The summed E-state index contributed by atoms with van der Waals surface area (Å²) >= 11 is 6.58. The third kappa shape index (κ3) is 3.12. The van der Waals surface area contributed by atoms with E-state index in [4.69, 9.17) is 11.6 Å². The molecule has 0 amide bonds. The zero-order chi connectivity index (χ0) is 25.3. The summed E-state index contributed by atoms with van der Waals surface area (Å²) in [7, 11) is 0. The Labute approximate surface area is 228 Å². The number of aromatic nitrogens is 1. The second-order valence-electron chi connectivity index (χ2n) is 11.0. The van der Waals surface area contributed by atoms with Gasteiger partial charge in [0.05, 0.1) is 11.0 Å². The molecule has 1 fully saturated rings. The highest BCUT2D eigenvalue weighted by molar-refractivity contribution is 6.31. The Morgan fingerprint density at radius 3 is 2.08 bits per heavy atom. The fourth-order valence-electron chi connectivity index (χ4n) is 7.34. The van der Waals surface area contributed by atoms with Gasteiger partial charge in [0.25, 0.3) is 0 Å². The predicted molar refractivity (Wildman–Crippen MR) is 161 cm³/mol. The molecule has 184 valence electrons. The molecule has 0 radical (unpaired) electrons. The Bertz CT molecular complexity index is 1840. The van der Waals surface area contributed by atoms with Crippen LogP contribution in [0.3, 0.4) is 0 Å². The van der Waals surface area contributed by atoms with Crippen LogP contribution in [0.25, 0.3) is 49.7 Å². The molecule has 1 spiro atoms. The predicted octanol–water partition coefficient (Wildman–Crippen LogP) is 10.3. The average Bonchev–Trinajstić information content (AvgIpc) is 3.42. The lowest BCUT2D eigenvalue weighted by Crippen LogP contribution is -2.27. The summed E-state index contributed by atoms with van der Waals surface area (Å²) in [4.78, 5) is 0. The van der Waals surface area contributed by atoms with Crippen molar-refractivity contribution in [3.05, 3.63) is 125 Å². The molecule has 8 rings (SSSR count). The van der Waals surface area contributed by atoms with Crippen LogP contribution in [0.1, 0.15) is 43.2 Å². The first-order chi connectivity index (χ1) is 18.7. The lowest BCUT2D eigenvalue weighted by Gasteiger charge is -2.36. The molecule has 5 aromatic carbocycles. The van der Waals surface area contributed by atoms with Gasteiger partial charge in [0.15, 0.2) is 0 Å². The molecule has 0 bridgehead atoms. The Hall–Kier alpha value is -3.81. The Morgan fingerprint density at radius 1 is 0.553 bits per heavy atom. The van der Waals surface area contributed by atoms with Gasteiger partial charge in [0.1, 0.15) is 0 Å². The molecule has 38 heavy (non-hydrogen) atoms. The van der Waals surface area contributed by atoms with Gasteiger partial charge in [-0.25, -0.2) is 0 Å². The molecule has 0 N–H and O–H groups in total. The Morgan fingerprint density at radius 2 is 1.26 bits per heavy atom. The highest BCUT2D eigenvalue weighted by Crippen LogP contribution is 2.57. The van der Waals surface area contributed by atoms with E-state index in [1.165, 1.54) is 81.8 Å². The quantitative estimate of drug-likeness (QED) is 0.219. The van der Waals surface area contributed by atoms with Crippen LogP contribution in [-0.4, -0.2) is 4.57 Å². The molecule has 2 heteroatoms. The van der Waals surface area contributed by atoms with Crippen LogP contribution >= 0.6 is 11.6 Å². The first kappa shape index (κ1) is 22.2. The Balaban J connectivity index is 1.40. The summed E-state index contributed by atoms with van der Waals surface area (Å²) in [6.07, 6.45) is 6.44. The number of nitrogens with zero attached hydrogens (tertiary/aromatic N) is 1. The topological polar surface area (TPSA) is 4.93 Å². The molecule has 2 aliphatic rings. The van der Waals surface area contributed by atoms with Gasteiger partial charge < -0.3 is 4.57 Å². The van der Waals surface area contributed by atoms with Crippen molar-refractivity contribution in [2.75, 3.05) is 0 Å². The maximum absolute atomic E-state index is 6.58. The summed E-state index contributed by atoms with van der Waals surface area (Å²) in [5.41, 5.74) is 12.1. The maximum atomic E-state index is 6.58. The van der Waals surface area contributed by atoms with E-state index in [0.29, 0.717) is 0 Å². The van der Waals surface area contributed by atoms with Crippen molar-refractivity contribution < 1.29 is 0 Å². The van der Waals surface area contributed by atoms with Gasteiger partial charge in [0, 0.05) is 26.9 Å². The van der Waals surface area contributed by atoms with Gasteiger partial charge in [-0.15, -0.1) is 0 Å². The molecule has 1 nitrogen and oxygen atoms in total. The standard InChI is InChI=1S/C36H28ClN/c37-26-15-18-29-31-22-33-30(28-11-5-6-12-32(28)36(33)19-7-2-8-20-36)23-35(31)38(34(29)21-26)27-16-13-25(14-17-27)24-9-3-1-4-10-24/h1,3-6,9-18,21-23H,2,7-8,19-20H2. The molecular weight excluding hydrogens is 482 g/mol. The summed E-state index contributed by atoms with van der Waals surface area (Å²) in [6, 6.07) is 40.0. The molecule has 0 unspecified atom stereocenters. The summed E-state index contributed by atoms with van der Waals surface area (Å²) in [6.45, 7) is 0. The van der Waals surface area contributed by atoms with Gasteiger partial charge in [-0.2, -0.15) is 0 Å². The number of rotatable bonds is 2. The minimum atomic E-state index is 0.149. The lowest BCUT2D eigenvalue weighted by atomic mass is 9.68. The molecule has 1 heterocycles. The van der Waals surface area contributed by atoms with E-state index in [1.807, 2.05) is 6.07 Å². The molecule has 0 saturated heterocycles. The van der Waals surface area contributed by atoms with Crippen LogP contribution in [0.2, 0.25) is 5.02 Å². The van der Waals surface area contributed by atoms with E-state index >= 15 is 0 Å². The molecule has 2 aliphatic carbocycles. The molecule has 1 aromatic heterocycles. The number of fused-ring (bicyclic) bond motifs is 8. The second-order valence-corrected chi connectivity index (χ2v) is 11.4. The van der Waals surface area contributed by atoms with Crippen LogP contribution in [0.4, 0.5) is 0 Å². The van der Waals surface area contributed by atoms with Crippen molar-refractivity contribution in [3.63, 3.8) is 0 Å². The van der Waals surface area contributed by atoms with Crippen molar-refractivity contribution in [1.82, 2.24) is 4.57 Å². The van der Waals surface area contributed by atoms with Crippen LogP contribution in [0.15, 0.2) is 109 Å². The molecule has 0 atom stereocenters. The maximum Gasteiger partial charge on any atom is 0.0555 e. The highest BCUT2D eigenvalue weighted by atomic mass is 35.5. The largest absolute Gasteiger partial charge is 0.309 e. The minimum absolute atomic E-state index is 0.149. The highest BCUT2D eigenvalue weighted by Gasteiger charge is 2.44. The number of benzene rings is 5. The van der Waals surface area contributed by atoms with E-state index in [0.717, 1.165) is 16.2 Å². The third-order valence-corrected chi connectivity index (χ3v) is 9.29. The van der Waals surface area contributed by atoms with Crippen molar-refractivity contribution >= 4 is 33.4 Å². The smallest absolute Gasteiger partial charge is 0.0555 e. The Kier molecular flexibility index (Phi) is 4.88. The van der Waals surface area contributed by atoms with Crippen LogP contribution in [0, 0.1) is 0 Å². The first-order valence-electron chi connectivity index (χ1n) is 13.8. The SMILES string of the molecule is Clc1ccc2c3cc4c(cc3n(-c3ccc(-c5ccccc5)cc3)c2c1)-c1ccccc1C41CCCCC1. The zero-order valence-corrected chi connectivity index (χ0v) is 22.0. The van der Waals surface area contributed by atoms with Crippen molar-refractivity contribution in [1.29, 1.82) is 0 Å². The minimum Gasteiger partial charge on any atom is -0.309 e. The van der Waals surface area contributed by atoms with Crippen LogP contribution < -0.4 is 0 Å². The van der Waals surface area contributed by atoms with E-state index < -0.39 is 0 Å². The van der Waals surface area contributed by atoms with Gasteiger partial charge in [-0.05, 0) is 82.6 Å². The first-order valence-corrected chi connectivity index (χ1v) is 14.1. The van der Waals surface area contributed by atoms with E-state index in [2.05, 4.69) is 108 Å². The normalized spacial score (nSPS) is 15.7. The molecule has 1 saturated carbocycles. The molecule has 6 aromatic rings. The van der Waals surface area contributed by atoms with Gasteiger partial charge >= 0.3 is 0 Å². The van der Waals surface area contributed by atoms with Crippen LogP contribution in [-0.2, 0) is 5.41 Å². The summed E-state index contributed by atoms with van der Waals surface area (Å²) in [5, 5.41) is 3.35. The molecule has 0 aliphatic heterocycles. The number of halogens is 1. The van der Waals surface area contributed by atoms with Crippen molar-refractivity contribution in [3.8, 4) is 27.9 Å². The molecular formula is C36H28ClN. The number of hydrogen-bond acceptors (Lipinski definition) is 0. The van der Waals surface area contributed by atoms with E-state index in [1.54, 1.807) is 0 Å². The van der Waals surface area contributed by atoms with Gasteiger partial charge in [0.2, 0.25) is 0 Å². The summed E-state index contributed by atoms with van der Waals surface area (Å²) in [5.74, 6) is 0.